The zero-order valence-electron chi connectivity index (χ0n) is 41.8. The van der Waals surface area contributed by atoms with Gasteiger partial charge in [-0.3, -0.25) is 4.98 Å². The van der Waals surface area contributed by atoms with E-state index >= 15 is 0 Å². The predicted molar refractivity (Wildman–Crippen MR) is 312 cm³/mol. The molecular weight excluding hydrogens is 901 g/mol. The third-order valence-corrected chi connectivity index (χ3v) is 16.7. The summed E-state index contributed by atoms with van der Waals surface area (Å²) in [6, 6.07) is 84.4. The van der Waals surface area contributed by atoms with Crippen molar-refractivity contribution in [3.8, 4) is 22.4 Å². The zero-order valence-corrected chi connectivity index (χ0v) is 42.8. The van der Waals surface area contributed by atoms with E-state index in [1.165, 1.54) is 72.6 Å². The van der Waals surface area contributed by atoms with Gasteiger partial charge in [0.1, 0.15) is 0 Å². The van der Waals surface area contributed by atoms with Gasteiger partial charge in [-0.05, 0) is 155 Å². The summed E-state index contributed by atoms with van der Waals surface area (Å²) in [4.78, 5) is 12.3. The molecule has 4 nitrogen and oxygen atoms in total. The van der Waals surface area contributed by atoms with Crippen LogP contribution in [0.1, 0.15) is 33.4 Å². The fourth-order valence-corrected chi connectivity index (χ4v) is 11.8. The van der Waals surface area contributed by atoms with Crippen molar-refractivity contribution < 1.29 is 0 Å². The maximum absolute atomic E-state index is 5.12. The van der Waals surface area contributed by atoms with Crippen molar-refractivity contribution in [1.82, 2.24) is 4.98 Å². The van der Waals surface area contributed by atoms with Crippen LogP contribution in [0.25, 0.3) is 34.5 Å². The van der Waals surface area contributed by atoms with Crippen LogP contribution in [-0.2, 0) is 25.7 Å². The van der Waals surface area contributed by atoms with Gasteiger partial charge in [-0.2, -0.15) is 0 Å². The van der Waals surface area contributed by atoms with Crippen LogP contribution in [0.4, 0.5) is 51.2 Å². The van der Waals surface area contributed by atoms with Crippen molar-refractivity contribution in [3.63, 3.8) is 0 Å². The number of hydrogen-bond acceptors (Lipinski definition) is 4. The Kier molecular flexibility index (Phi) is 12.2. The molecule has 0 bridgehead atoms. The van der Waals surface area contributed by atoms with Crippen LogP contribution in [0.15, 0.2) is 237 Å². The normalized spacial score (nSPS) is 13.1. The summed E-state index contributed by atoms with van der Waals surface area (Å²) in [5, 5.41) is 1.48. The monoisotopic (exact) mass is 958 g/mol. The average molecular weight is 959 g/mol. The van der Waals surface area contributed by atoms with Crippen LogP contribution in [0, 0.1) is 0 Å². The van der Waals surface area contributed by atoms with E-state index in [0.29, 0.717) is 0 Å². The molecule has 3 heterocycles. The third-order valence-electron chi connectivity index (χ3n) is 14.6. The summed E-state index contributed by atoms with van der Waals surface area (Å²) in [7, 11) is -1.41. The minimum Gasteiger partial charge on any atom is -0.310 e. The van der Waals surface area contributed by atoms with Gasteiger partial charge in [0.25, 0.3) is 0 Å². The van der Waals surface area contributed by atoms with Gasteiger partial charge < -0.3 is 14.7 Å². The molecule has 12 rings (SSSR count). The maximum Gasteiger partial charge on any atom is 0.0775 e. The highest BCUT2D eigenvalue weighted by Crippen LogP contribution is 2.46. The van der Waals surface area contributed by atoms with Crippen LogP contribution >= 0.6 is 0 Å². The lowest BCUT2D eigenvalue weighted by Gasteiger charge is -2.28. The second-order valence-corrected chi connectivity index (χ2v) is 25.5. The number of aryl methyl sites for hydroxylation is 4. The quantitative estimate of drug-likeness (QED) is 0.101. The second kappa shape index (κ2) is 19.6. The largest absolute Gasteiger partial charge is 0.310 e. The minimum atomic E-state index is -1.41. The zero-order chi connectivity index (χ0) is 49.3. The maximum atomic E-state index is 5.12. The second-order valence-electron chi connectivity index (χ2n) is 20.4. The van der Waals surface area contributed by atoms with Crippen molar-refractivity contribution in [2.24, 2.45) is 0 Å². The number of hydrogen-bond donors (Lipinski definition) is 0. The molecule has 2 aliphatic rings. The standard InChI is InChI=1S/C68H58N4Si/c1-73(2,3)63-41-38-51(39-42-63)56-36-34-54-32-30-52-28-26-49(44-65(52)71(67(54)46-56)60-20-12-6-13-21-60)24-25-50-27-29-53-31-33-55-35-37-57(47-68(55)72(66(53)45-50)61-22-14-7-15-23-61)64-43-40-62(48-69-64)70(58-16-8-4-9-17-58)59-18-10-5-11-19-59/h4-29,34-48H,30-33H2,1-3H3/b25-24+. The Labute approximate surface area is 431 Å². The topological polar surface area (TPSA) is 22.6 Å². The molecule has 0 aliphatic carbocycles. The van der Waals surface area contributed by atoms with Crippen LogP contribution in [-0.4, -0.2) is 13.1 Å². The van der Waals surface area contributed by atoms with Gasteiger partial charge in [-0.1, -0.05) is 183 Å². The summed E-state index contributed by atoms with van der Waals surface area (Å²) in [6.45, 7) is 7.24. The lowest BCUT2D eigenvalue weighted by Crippen LogP contribution is -2.37. The molecule has 354 valence electrons. The number of anilines is 9. The van der Waals surface area contributed by atoms with Crippen LogP contribution in [0.2, 0.25) is 19.6 Å². The van der Waals surface area contributed by atoms with Gasteiger partial charge in [0.15, 0.2) is 0 Å². The van der Waals surface area contributed by atoms with Crippen LogP contribution < -0.4 is 19.9 Å². The Morgan fingerprint density at radius 2 is 0.795 bits per heavy atom. The highest BCUT2D eigenvalue weighted by Gasteiger charge is 2.26. The minimum absolute atomic E-state index is 0.935. The number of para-hydroxylation sites is 4. The Bertz CT molecular complexity index is 3550. The van der Waals surface area contributed by atoms with E-state index in [0.717, 1.165) is 65.3 Å². The number of fused-ring (bicyclic) bond motifs is 4. The van der Waals surface area contributed by atoms with Crippen molar-refractivity contribution >= 4 is 76.6 Å². The van der Waals surface area contributed by atoms with E-state index in [9.17, 15) is 0 Å². The molecule has 9 aromatic carbocycles. The molecular formula is C68H58N4Si. The molecule has 0 atom stereocenters. The summed E-state index contributed by atoms with van der Waals surface area (Å²) < 4.78 is 0. The van der Waals surface area contributed by atoms with Gasteiger partial charge in [0.2, 0.25) is 0 Å². The smallest absolute Gasteiger partial charge is 0.0775 e. The van der Waals surface area contributed by atoms with Crippen LogP contribution in [0.3, 0.4) is 0 Å². The fourth-order valence-electron chi connectivity index (χ4n) is 10.7. The van der Waals surface area contributed by atoms with Gasteiger partial charge in [-0.25, -0.2) is 0 Å². The summed E-state index contributed by atoms with van der Waals surface area (Å²) >= 11 is 0. The highest BCUT2D eigenvalue weighted by molar-refractivity contribution is 6.88. The summed E-state index contributed by atoms with van der Waals surface area (Å²) in [5.74, 6) is 0. The molecule has 0 spiro atoms. The Balaban J connectivity index is 0.880. The third kappa shape index (κ3) is 9.32. The van der Waals surface area contributed by atoms with E-state index < -0.39 is 8.07 Å². The van der Waals surface area contributed by atoms with Crippen molar-refractivity contribution in [3.05, 3.63) is 270 Å². The molecule has 0 fully saturated rings. The lowest BCUT2D eigenvalue weighted by molar-refractivity contribution is 0.977. The SMILES string of the molecule is C[Si](C)(C)c1ccc(-c2ccc3c(c2)N(c2ccccc2)c2cc(/C=C/c4ccc5c(c4)N(c4ccccc4)c4cc(-c6ccc(N(c7ccccc7)c7ccccc7)cn6)ccc4CC5)ccc2CC3)cc1. The number of rotatable bonds is 10. The molecule has 73 heavy (non-hydrogen) atoms. The molecule has 0 unspecified atom stereocenters. The molecule has 0 radical (unpaired) electrons. The number of aromatic nitrogens is 1. The van der Waals surface area contributed by atoms with Crippen molar-refractivity contribution in [2.75, 3.05) is 14.7 Å². The Morgan fingerprint density at radius 1 is 0.384 bits per heavy atom. The van der Waals surface area contributed by atoms with E-state index in [2.05, 4.69) is 277 Å². The van der Waals surface area contributed by atoms with E-state index in [1.807, 2.05) is 6.20 Å². The first-order chi connectivity index (χ1) is 35.8. The lowest BCUT2D eigenvalue weighted by atomic mass is 9.99. The molecule has 2 aliphatic heterocycles. The fraction of sp³-hybridized carbons (Fsp3) is 0.103. The molecule has 5 heteroatoms. The molecule has 0 saturated heterocycles. The highest BCUT2D eigenvalue weighted by atomic mass is 28.3. The molecule has 1 aromatic heterocycles. The van der Waals surface area contributed by atoms with Gasteiger partial charge in [-0.15, -0.1) is 0 Å². The molecule has 0 saturated carbocycles. The summed E-state index contributed by atoms with van der Waals surface area (Å²) in [5.41, 5.74) is 22.6. The number of pyridine rings is 1. The number of benzene rings is 9. The Hall–Kier alpha value is -8.51. The van der Waals surface area contributed by atoms with Crippen LogP contribution in [0.5, 0.6) is 0 Å². The van der Waals surface area contributed by atoms with Gasteiger partial charge in [0, 0.05) is 45.4 Å². The molecule has 0 N–H and O–H groups in total. The molecule has 0 amide bonds. The van der Waals surface area contributed by atoms with Crippen molar-refractivity contribution in [1.29, 1.82) is 0 Å². The molecule has 10 aromatic rings. The average Bonchev–Trinajstić information content (AvgIpc) is 3.70. The van der Waals surface area contributed by atoms with Gasteiger partial charge in [0.05, 0.1) is 31.3 Å². The summed E-state index contributed by atoms with van der Waals surface area (Å²) in [6.07, 6.45) is 10.4. The van der Waals surface area contributed by atoms with Gasteiger partial charge >= 0.3 is 0 Å². The first-order valence-electron chi connectivity index (χ1n) is 25.7. The Morgan fingerprint density at radius 3 is 1.25 bits per heavy atom. The van der Waals surface area contributed by atoms with E-state index in [-0.39, 0.29) is 0 Å². The van der Waals surface area contributed by atoms with Crippen molar-refractivity contribution in [2.45, 2.75) is 45.3 Å². The number of nitrogens with zero attached hydrogens (tertiary/aromatic N) is 4. The first-order valence-corrected chi connectivity index (χ1v) is 29.2. The van der Waals surface area contributed by atoms with E-state index in [1.54, 1.807) is 0 Å². The predicted octanol–water partition coefficient (Wildman–Crippen LogP) is 17.7. The first kappa shape index (κ1) is 45.6. The van der Waals surface area contributed by atoms with E-state index in [4.69, 9.17) is 4.98 Å².